The van der Waals surface area contributed by atoms with Crippen molar-refractivity contribution >= 4 is 0 Å². The third kappa shape index (κ3) is 1.72. The van der Waals surface area contributed by atoms with Gasteiger partial charge >= 0.3 is 6.18 Å². The molecule has 0 aromatic carbocycles. The van der Waals surface area contributed by atoms with Gasteiger partial charge in [-0.2, -0.15) is 13.2 Å². The minimum atomic E-state index is -4.27. The molecule has 1 aromatic rings. The van der Waals surface area contributed by atoms with Crippen molar-refractivity contribution < 1.29 is 13.2 Å². The third-order valence-corrected chi connectivity index (χ3v) is 2.31. The molecule has 5 heteroatoms. The molecule has 0 unspecified atom stereocenters. The van der Waals surface area contributed by atoms with Crippen molar-refractivity contribution in [3.05, 3.63) is 29.6 Å². The van der Waals surface area contributed by atoms with Crippen LogP contribution >= 0.6 is 0 Å². The van der Waals surface area contributed by atoms with Gasteiger partial charge in [0.05, 0.1) is 5.56 Å². The quantitative estimate of drug-likeness (QED) is 0.750. The first-order valence-corrected chi connectivity index (χ1v) is 4.31. The van der Waals surface area contributed by atoms with Gasteiger partial charge in [0.2, 0.25) is 0 Å². The fourth-order valence-electron chi connectivity index (χ4n) is 1.35. The molecule has 76 valence electrons. The van der Waals surface area contributed by atoms with Gasteiger partial charge in [-0.15, -0.1) is 0 Å². The van der Waals surface area contributed by atoms with Crippen molar-refractivity contribution in [1.29, 1.82) is 0 Å². The van der Waals surface area contributed by atoms with Crippen molar-refractivity contribution in [1.82, 2.24) is 10.3 Å². The summed E-state index contributed by atoms with van der Waals surface area (Å²) in [4.78, 5) is 3.93. The number of rotatable bonds is 1. The minimum absolute atomic E-state index is 0.136. The Bertz CT molecular complexity index is 331. The van der Waals surface area contributed by atoms with E-state index < -0.39 is 11.7 Å². The minimum Gasteiger partial charge on any atom is -0.315 e. The molecular weight excluding hydrogens is 193 g/mol. The highest BCUT2D eigenvalue weighted by molar-refractivity contribution is 5.23. The number of alkyl halides is 3. The number of halogens is 3. The zero-order valence-electron chi connectivity index (χ0n) is 7.30. The van der Waals surface area contributed by atoms with E-state index in [-0.39, 0.29) is 5.92 Å². The predicted molar refractivity (Wildman–Crippen MR) is 44.8 cm³/mol. The Morgan fingerprint density at radius 2 is 2.07 bits per heavy atom. The lowest BCUT2D eigenvalue weighted by Crippen LogP contribution is -2.40. The first-order chi connectivity index (χ1) is 6.57. The molecule has 1 N–H and O–H groups in total. The number of nitrogens with zero attached hydrogens (tertiary/aromatic N) is 1. The molecule has 2 heterocycles. The van der Waals surface area contributed by atoms with Crippen LogP contribution in [0.3, 0.4) is 0 Å². The molecule has 0 bridgehead atoms. The largest absolute Gasteiger partial charge is 0.416 e. The van der Waals surface area contributed by atoms with Crippen LogP contribution in [0.25, 0.3) is 0 Å². The van der Waals surface area contributed by atoms with Crippen LogP contribution in [-0.2, 0) is 6.18 Å². The summed E-state index contributed by atoms with van der Waals surface area (Å²) in [5.74, 6) is 0.136. The fourth-order valence-corrected chi connectivity index (χ4v) is 1.35. The summed E-state index contributed by atoms with van der Waals surface area (Å²) >= 11 is 0. The van der Waals surface area contributed by atoms with E-state index in [0.717, 1.165) is 12.1 Å². The van der Waals surface area contributed by atoms with E-state index >= 15 is 0 Å². The Labute approximate surface area is 79.2 Å². The molecule has 1 saturated heterocycles. The SMILES string of the molecule is FC(F)(F)c1ccnc(C2CNC2)c1. The zero-order chi connectivity index (χ0) is 10.2. The van der Waals surface area contributed by atoms with Gasteiger partial charge < -0.3 is 5.32 Å². The van der Waals surface area contributed by atoms with Gasteiger partial charge in [-0.25, -0.2) is 0 Å². The van der Waals surface area contributed by atoms with Gasteiger partial charge in [-0.05, 0) is 12.1 Å². The Morgan fingerprint density at radius 1 is 1.36 bits per heavy atom. The zero-order valence-corrected chi connectivity index (χ0v) is 7.30. The molecular formula is C9H9F3N2. The van der Waals surface area contributed by atoms with Crippen LogP contribution < -0.4 is 5.32 Å². The summed E-state index contributed by atoms with van der Waals surface area (Å²) in [5, 5.41) is 3.00. The molecule has 0 spiro atoms. The smallest absolute Gasteiger partial charge is 0.315 e. The molecule has 1 aliphatic heterocycles. The molecule has 0 amide bonds. The van der Waals surface area contributed by atoms with E-state index in [2.05, 4.69) is 10.3 Å². The highest BCUT2D eigenvalue weighted by Crippen LogP contribution is 2.30. The van der Waals surface area contributed by atoms with Crippen LogP contribution in [0.1, 0.15) is 17.2 Å². The van der Waals surface area contributed by atoms with Crippen molar-refractivity contribution in [2.24, 2.45) is 0 Å². The fraction of sp³-hybridized carbons (Fsp3) is 0.444. The first kappa shape index (κ1) is 9.45. The van der Waals surface area contributed by atoms with Gasteiger partial charge in [0, 0.05) is 30.9 Å². The number of hydrogen-bond donors (Lipinski definition) is 1. The molecule has 0 radical (unpaired) electrons. The average molecular weight is 202 g/mol. The Hall–Kier alpha value is -1.10. The predicted octanol–water partition coefficient (Wildman–Crippen LogP) is 1.79. The van der Waals surface area contributed by atoms with E-state index in [1.165, 1.54) is 6.20 Å². The Kier molecular flexibility index (Phi) is 2.19. The maximum Gasteiger partial charge on any atom is 0.416 e. The van der Waals surface area contributed by atoms with Crippen LogP contribution in [0.2, 0.25) is 0 Å². The van der Waals surface area contributed by atoms with Crippen LogP contribution in [0.5, 0.6) is 0 Å². The van der Waals surface area contributed by atoms with Crippen LogP contribution in [0.4, 0.5) is 13.2 Å². The monoisotopic (exact) mass is 202 g/mol. The summed E-state index contributed by atoms with van der Waals surface area (Å²) in [7, 11) is 0. The lowest BCUT2D eigenvalue weighted by atomic mass is 9.97. The standard InChI is InChI=1S/C9H9F3N2/c10-9(11,12)7-1-2-14-8(3-7)6-4-13-5-6/h1-3,6,13H,4-5H2. The molecule has 1 aliphatic rings. The lowest BCUT2D eigenvalue weighted by Gasteiger charge is -2.26. The highest BCUT2D eigenvalue weighted by Gasteiger charge is 2.32. The molecule has 1 fully saturated rings. The molecule has 0 atom stereocenters. The van der Waals surface area contributed by atoms with E-state index in [4.69, 9.17) is 0 Å². The Morgan fingerprint density at radius 3 is 2.57 bits per heavy atom. The normalized spacial score (nSPS) is 17.9. The Balaban J connectivity index is 2.26. The topological polar surface area (TPSA) is 24.9 Å². The van der Waals surface area contributed by atoms with Gasteiger partial charge in [0.15, 0.2) is 0 Å². The van der Waals surface area contributed by atoms with E-state index in [9.17, 15) is 13.2 Å². The number of nitrogens with one attached hydrogen (secondary N) is 1. The van der Waals surface area contributed by atoms with E-state index in [0.29, 0.717) is 18.8 Å². The van der Waals surface area contributed by atoms with Gasteiger partial charge in [-0.3, -0.25) is 4.98 Å². The summed E-state index contributed by atoms with van der Waals surface area (Å²) < 4.78 is 36.9. The molecule has 1 aromatic heterocycles. The molecule has 2 rings (SSSR count). The number of pyridine rings is 1. The van der Waals surface area contributed by atoms with Crippen molar-refractivity contribution in [3.63, 3.8) is 0 Å². The van der Waals surface area contributed by atoms with E-state index in [1.807, 2.05) is 0 Å². The second-order valence-electron chi connectivity index (χ2n) is 3.32. The molecule has 14 heavy (non-hydrogen) atoms. The first-order valence-electron chi connectivity index (χ1n) is 4.31. The summed E-state index contributed by atoms with van der Waals surface area (Å²) in [6.45, 7) is 1.43. The summed E-state index contributed by atoms with van der Waals surface area (Å²) in [6.07, 6.45) is -3.05. The second-order valence-corrected chi connectivity index (χ2v) is 3.32. The van der Waals surface area contributed by atoms with Gasteiger partial charge in [-0.1, -0.05) is 0 Å². The lowest BCUT2D eigenvalue weighted by molar-refractivity contribution is -0.137. The molecule has 0 aliphatic carbocycles. The third-order valence-electron chi connectivity index (χ3n) is 2.31. The van der Waals surface area contributed by atoms with E-state index in [1.54, 1.807) is 0 Å². The average Bonchev–Trinajstić information content (AvgIpc) is 2.00. The van der Waals surface area contributed by atoms with Crippen LogP contribution in [-0.4, -0.2) is 18.1 Å². The maximum atomic E-state index is 12.3. The summed E-state index contributed by atoms with van der Waals surface area (Å²) in [6, 6.07) is 2.13. The van der Waals surface area contributed by atoms with Crippen molar-refractivity contribution in [3.8, 4) is 0 Å². The van der Waals surface area contributed by atoms with Crippen molar-refractivity contribution in [2.45, 2.75) is 12.1 Å². The van der Waals surface area contributed by atoms with Gasteiger partial charge in [0.25, 0.3) is 0 Å². The second kappa shape index (κ2) is 3.24. The number of aromatic nitrogens is 1. The van der Waals surface area contributed by atoms with Crippen LogP contribution in [0, 0.1) is 0 Å². The van der Waals surface area contributed by atoms with Crippen molar-refractivity contribution in [2.75, 3.05) is 13.1 Å². The molecule has 2 nitrogen and oxygen atoms in total. The number of hydrogen-bond acceptors (Lipinski definition) is 2. The van der Waals surface area contributed by atoms with Gasteiger partial charge in [0.1, 0.15) is 0 Å². The molecule has 0 saturated carbocycles. The summed E-state index contributed by atoms with van der Waals surface area (Å²) in [5.41, 5.74) is -0.0898. The van der Waals surface area contributed by atoms with Crippen LogP contribution in [0.15, 0.2) is 18.3 Å². The maximum absolute atomic E-state index is 12.3. The highest BCUT2D eigenvalue weighted by atomic mass is 19.4.